The Bertz CT molecular complexity index is 792. The van der Waals surface area contributed by atoms with E-state index in [4.69, 9.17) is 0 Å². The standard InChI is InChI=1S/C14H15N5S2/c1-7-5-8(2)17-14(16-7)21-12-10-6-9(3)20-11(10)18-13(15-4)19-12/h5-6H,1-4H3,(H,15,18,19). The maximum atomic E-state index is 4.55. The summed E-state index contributed by atoms with van der Waals surface area (Å²) < 4.78 is 0. The van der Waals surface area contributed by atoms with Gasteiger partial charge in [0.15, 0.2) is 5.16 Å². The predicted octanol–water partition coefficient (Wildman–Crippen LogP) is 3.60. The zero-order valence-electron chi connectivity index (χ0n) is 12.3. The van der Waals surface area contributed by atoms with Crippen LogP contribution in [0, 0.1) is 20.8 Å². The Balaban J connectivity index is 2.10. The van der Waals surface area contributed by atoms with Gasteiger partial charge in [-0.05, 0) is 44.7 Å². The number of thiophene rings is 1. The number of nitrogens with zero attached hydrogens (tertiary/aromatic N) is 4. The van der Waals surface area contributed by atoms with E-state index in [1.54, 1.807) is 11.3 Å². The second-order valence-electron chi connectivity index (χ2n) is 4.71. The van der Waals surface area contributed by atoms with E-state index in [0.29, 0.717) is 5.95 Å². The summed E-state index contributed by atoms with van der Waals surface area (Å²) in [5.74, 6) is 0.622. The number of fused-ring (bicyclic) bond motifs is 1. The fraction of sp³-hybridized carbons (Fsp3) is 0.286. The van der Waals surface area contributed by atoms with Crippen LogP contribution >= 0.6 is 23.1 Å². The van der Waals surface area contributed by atoms with Crippen LogP contribution in [-0.2, 0) is 0 Å². The van der Waals surface area contributed by atoms with Crippen molar-refractivity contribution in [3.05, 3.63) is 28.4 Å². The van der Waals surface area contributed by atoms with Crippen LogP contribution < -0.4 is 5.32 Å². The first-order valence-corrected chi connectivity index (χ1v) is 8.14. The fourth-order valence-corrected chi connectivity index (χ4v) is 3.92. The molecule has 7 heteroatoms. The summed E-state index contributed by atoms with van der Waals surface area (Å²) in [6.45, 7) is 6.03. The van der Waals surface area contributed by atoms with Crippen LogP contribution in [0.15, 0.2) is 22.3 Å². The number of aryl methyl sites for hydroxylation is 3. The molecule has 0 aliphatic heterocycles. The van der Waals surface area contributed by atoms with Crippen molar-refractivity contribution in [2.75, 3.05) is 12.4 Å². The summed E-state index contributed by atoms with van der Waals surface area (Å²) in [5.41, 5.74) is 1.93. The van der Waals surface area contributed by atoms with Gasteiger partial charge in [0, 0.05) is 28.7 Å². The van der Waals surface area contributed by atoms with Crippen LogP contribution in [0.4, 0.5) is 5.95 Å². The maximum Gasteiger partial charge on any atom is 0.224 e. The molecule has 0 saturated carbocycles. The SMILES string of the molecule is CNc1nc(Sc2nc(C)cc(C)n2)c2cc(C)sc2n1. The Morgan fingerprint density at radius 3 is 2.38 bits per heavy atom. The molecule has 0 spiro atoms. The minimum absolute atomic E-state index is 0.622. The largest absolute Gasteiger partial charge is 0.357 e. The minimum atomic E-state index is 0.622. The molecule has 3 aromatic rings. The molecule has 0 fully saturated rings. The van der Waals surface area contributed by atoms with Gasteiger partial charge in [-0.3, -0.25) is 0 Å². The molecule has 0 atom stereocenters. The van der Waals surface area contributed by atoms with Gasteiger partial charge in [-0.1, -0.05) is 0 Å². The third-order valence-corrected chi connectivity index (χ3v) is 4.67. The van der Waals surface area contributed by atoms with Gasteiger partial charge < -0.3 is 5.32 Å². The second-order valence-corrected chi connectivity index (χ2v) is 6.90. The molecule has 1 N–H and O–H groups in total. The summed E-state index contributed by atoms with van der Waals surface area (Å²) in [5, 5.41) is 5.68. The summed E-state index contributed by atoms with van der Waals surface area (Å²) in [6.07, 6.45) is 0. The molecule has 3 heterocycles. The number of aromatic nitrogens is 4. The molecule has 0 saturated heterocycles. The van der Waals surface area contributed by atoms with Gasteiger partial charge in [-0.15, -0.1) is 11.3 Å². The lowest BCUT2D eigenvalue weighted by molar-refractivity contribution is 0.899. The molecule has 3 rings (SSSR count). The average Bonchev–Trinajstić information content (AvgIpc) is 2.78. The van der Waals surface area contributed by atoms with Gasteiger partial charge >= 0.3 is 0 Å². The summed E-state index contributed by atoms with van der Waals surface area (Å²) in [6, 6.07) is 4.08. The molecular weight excluding hydrogens is 302 g/mol. The Morgan fingerprint density at radius 1 is 1.00 bits per heavy atom. The van der Waals surface area contributed by atoms with E-state index in [-0.39, 0.29) is 0 Å². The molecule has 0 aromatic carbocycles. The molecule has 0 aliphatic carbocycles. The van der Waals surface area contributed by atoms with E-state index >= 15 is 0 Å². The van der Waals surface area contributed by atoms with Gasteiger partial charge in [0.05, 0.1) is 0 Å². The molecule has 0 radical (unpaired) electrons. The summed E-state index contributed by atoms with van der Waals surface area (Å²) in [7, 11) is 1.82. The Kier molecular flexibility index (Phi) is 3.77. The van der Waals surface area contributed by atoms with E-state index in [2.05, 4.69) is 38.2 Å². The molecule has 0 unspecified atom stereocenters. The number of hydrogen-bond acceptors (Lipinski definition) is 7. The minimum Gasteiger partial charge on any atom is -0.357 e. The lowest BCUT2D eigenvalue weighted by Gasteiger charge is -2.05. The maximum absolute atomic E-state index is 4.55. The monoisotopic (exact) mass is 317 g/mol. The van der Waals surface area contributed by atoms with Crippen LogP contribution in [0.2, 0.25) is 0 Å². The molecule has 5 nitrogen and oxygen atoms in total. The van der Waals surface area contributed by atoms with Crippen molar-refractivity contribution in [1.82, 2.24) is 19.9 Å². The number of rotatable bonds is 3. The van der Waals surface area contributed by atoms with Gasteiger partial charge in [0.1, 0.15) is 9.86 Å². The Morgan fingerprint density at radius 2 is 1.71 bits per heavy atom. The molecule has 21 heavy (non-hydrogen) atoms. The van der Waals surface area contributed by atoms with Gasteiger partial charge in [0.25, 0.3) is 0 Å². The van der Waals surface area contributed by atoms with Crippen molar-refractivity contribution in [3.8, 4) is 0 Å². The van der Waals surface area contributed by atoms with Crippen molar-refractivity contribution in [2.45, 2.75) is 31.0 Å². The molecule has 0 amide bonds. The smallest absolute Gasteiger partial charge is 0.224 e. The lowest BCUT2D eigenvalue weighted by Crippen LogP contribution is -1.98. The van der Waals surface area contributed by atoms with E-state index in [1.165, 1.54) is 16.6 Å². The number of nitrogens with one attached hydrogen (secondary N) is 1. The van der Waals surface area contributed by atoms with Crippen molar-refractivity contribution in [3.63, 3.8) is 0 Å². The zero-order valence-corrected chi connectivity index (χ0v) is 13.9. The van der Waals surface area contributed by atoms with Crippen LogP contribution in [0.5, 0.6) is 0 Å². The van der Waals surface area contributed by atoms with E-state index < -0.39 is 0 Å². The number of anilines is 1. The first-order chi connectivity index (χ1) is 10.0. The van der Waals surface area contributed by atoms with Gasteiger partial charge in [0.2, 0.25) is 5.95 Å². The molecule has 0 aliphatic rings. The first kappa shape index (κ1) is 14.2. The molecule has 3 aromatic heterocycles. The van der Waals surface area contributed by atoms with E-state index in [9.17, 15) is 0 Å². The van der Waals surface area contributed by atoms with E-state index in [1.807, 2.05) is 27.0 Å². The second kappa shape index (κ2) is 5.57. The highest BCUT2D eigenvalue weighted by Crippen LogP contribution is 2.34. The van der Waals surface area contributed by atoms with Crippen LogP contribution in [0.25, 0.3) is 10.2 Å². The van der Waals surface area contributed by atoms with Crippen molar-refractivity contribution >= 4 is 39.3 Å². The first-order valence-electron chi connectivity index (χ1n) is 6.51. The third-order valence-electron chi connectivity index (χ3n) is 2.85. The average molecular weight is 317 g/mol. The van der Waals surface area contributed by atoms with E-state index in [0.717, 1.165) is 31.8 Å². The highest BCUT2D eigenvalue weighted by molar-refractivity contribution is 7.99. The van der Waals surface area contributed by atoms with Crippen molar-refractivity contribution in [1.29, 1.82) is 0 Å². The third kappa shape index (κ3) is 2.98. The van der Waals surface area contributed by atoms with Crippen LogP contribution in [0.1, 0.15) is 16.3 Å². The summed E-state index contributed by atoms with van der Waals surface area (Å²) in [4.78, 5) is 20.2. The highest BCUT2D eigenvalue weighted by atomic mass is 32.2. The Hall–Kier alpha value is -1.73. The molecule has 0 bridgehead atoms. The zero-order chi connectivity index (χ0) is 15.0. The Labute approximate surface area is 131 Å². The quantitative estimate of drug-likeness (QED) is 0.588. The lowest BCUT2D eigenvalue weighted by atomic mass is 10.4. The fourth-order valence-electron chi connectivity index (χ4n) is 2.03. The number of hydrogen-bond donors (Lipinski definition) is 1. The highest BCUT2D eigenvalue weighted by Gasteiger charge is 2.13. The van der Waals surface area contributed by atoms with Crippen molar-refractivity contribution < 1.29 is 0 Å². The van der Waals surface area contributed by atoms with Gasteiger partial charge in [-0.2, -0.15) is 0 Å². The predicted molar refractivity (Wildman–Crippen MR) is 87.3 cm³/mol. The molecule has 108 valence electrons. The molecular formula is C14H15N5S2. The van der Waals surface area contributed by atoms with Crippen LogP contribution in [-0.4, -0.2) is 27.0 Å². The normalized spacial score (nSPS) is 11.0. The van der Waals surface area contributed by atoms with Crippen molar-refractivity contribution in [2.24, 2.45) is 0 Å². The summed E-state index contributed by atoms with van der Waals surface area (Å²) >= 11 is 3.15. The van der Waals surface area contributed by atoms with Crippen LogP contribution in [0.3, 0.4) is 0 Å². The van der Waals surface area contributed by atoms with Gasteiger partial charge in [-0.25, -0.2) is 19.9 Å². The topological polar surface area (TPSA) is 63.6 Å².